The lowest BCUT2D eigenvalue weighted by atomic mass is 9.84. The van der Waals surface area contributed by atoms with Gasteiger partial charge in [-0.25, -0.2) is 0 Å². The van der Waals surface area contributed by atoms with Crippen LogP contribution in [-0.2, 0) is 5.41 Å². The molecule has 0 atom stereocenters. The molecule has 0 aliphatic carbocycles. The van der Waals surface area contributed by atoms with Crippen molar-refractivity contribution >= 4 is 15.4 Å². The molecule has 1 aromatic rings. The number of hydrogen-bond acceptors (Lipinski definition) is 0. The van der Waals surface area contributed by atoms with Gasteiger partial charge in [-0.2, -0.15) is 0 Å². The molecule has 1 rings (SSSR count). The highest BCUT2D eigenvalue weighted by atomic mass is 28.1. The molecule has 1 aromatic carbocycles. The molecule has 0 amide bonds. The smallest absolute Gasteiger partial charge is 0.0388 e. The van der Waals surface area contributed by atoms with E-state index >= 15 is 0 Å². The van der Waals surface area contributed by atoms with Gasteiger partial charge in [-0.05, 0) is 23.5 Å². The second-order valence-electron chi connectivity index (χ2n) is 4.52. The van der Waals surface area contributed by atoms with Gasteiger partial charge in [0.25, 0.3) is 0 Å². The van der Waals surface area contributed by atoms with Crippen LogP contribution in [0.5, 0.6) is 0 Å². The highest BCUT2D eigenvalue weighted by Gasteiger charge is 2.17. The molecule has 0 heterocycles. The van der Waals surface area contributed by atoms with Crippen molar-refractivity contribution in [3.8, 4) is 0 Å². The molecule has 0 N–H and O–H groups in total. The van der Waals surface area contributed by atoms with Crippen molar-refractivity contribution in [3.63, 3.8) is 0 Å². The van der Waals surface area contributed by atoms with Crippen LogP contribution in [0.2, 0.25) is 0 Å². The van der Waals surface area contributed by atoms with Crippen molar-refractivity contribution in [2.75, 3.05) is 0 Å². The molecular weight excluding hydrogens is 160 g/mol. The van der Waals surface area contributed by atoms with Crippen LogP contribution in [0.1, 0.15) is 31.9 Å². The molecule has 0 aliphatic heterocycles. The first-order valence-electron chi connectivity index (χ1n) is 4.49. The molecule has 0 bridgehead atoms. The van der Waals surface area contributed by atoms with Crippen LogP contribution >= 0.6 is 0 Å². The molecular formula is C11H18Si. The summed E-state index contributed by atoms with van der Waals surface area (Å²) in [6.45, 7) is 9.08. The van der Waals surface area contributed by atoms with Crippen molar-refractivity contribution < 1.29 is 0 Å². The topological polar surface area (TPSA) is 0 Å². The first-order chi connectivity index (χ1) is 5.43. The number of benzene rings is 1. The van der Waals surface area contributed by atoms with E-state index in [-0.39, 0.29) is 0 Å². The lowest BCUT2D eigenvalue weighted by Crippen LogP contribution is -2.24. The summed E-state index contributed by atoms with van der Waals surface area (Å²) in [5.74, 6) is 0. The minimum Gasteiger partial charge on any atom is -0.0668 e. The van der Waals surface area contributed by atoms with Crippen LogP contribution in [0, 0.1) is 6.92 Å². The minimum absolute atomic E-state index is 0.308. The summed E-state index contributed by atoms with van der Waals surface area (Å²) in [7, 11) is 1.15. The van der Waals surface area contributed by atoms with Gasteiger partial charge >= 0.3 is 0 Å². The van der Waals surface area contributed by atoms with Gasteiger partial charge in [0.1, 0.15) is 0 Å². The Hall–Kier alpha value is -0.563. The lowest BCUT2D eigenvalue weighted by molar-refractivity contribution is 0.590. The maximum absolute atomic E-state index is 2.29. The molecule has 66 valence electrons. The third-order valence-corrected chi connectivity index (χ3v) is 3.06. The Bertz CT molecular complexity index is 261. The molecule has 12 heavy (non-hydrogen) atoms. The summed E-state index contributed by atoms with van der Waals surface area (Å²) < 4.78 is 0. The summed E-state index contributed by atoms with van der Waals surface area (Å²) in [5.41, 5.74) is 3.30. The highest BCUT2D eigenvalue weighted by Crippen LogP contribution is 2.22. The summed E-state index contributed by atoms with van der Waals surface area (Å²) >= 11 is 0. The molecule has 1 heteroatoms. The standard InChI is InChI=1S/C11H18Si/c1-8-6-5-7-9(12)10(8)11(2,3)4/h5-7H,1-4,12H3. The van der Waals surface area contributed by atoms with Gasteiger partial charge in [0, 0.05) is 10.2 Å². The van der Waals surface area contributed by atoms with Gasteiger partial charge in [0.2, 0.25) is 0 Å². The van der Waals surface area contributed by atoms with E-state index in [4.69, 9.17) is 0 Å². The first kappa shape index (κ1) is 9.52. The van der Waals surface area contributed by atoms with E-state index in [1.165, 1.54) is 5.56 Å². The van der Waals surface area contributed by atoms with Crippen molar-refractivity contribution in [2.45, 2.75) is 33.1 Å². The average Bonchev–Trinajstić information content (AvgIpc) is 1.82. The van der Waals surface area contributed by atoms with Crippen molar-refractivity contribution in [2.24, 2.45) is 0 Å². The second kappa shape index (κ2) is 3.06. The van der Waals surface area contributed by atoms with E-state index in [1.54, 1.807) is 10.8 Å². The van der Waals surface area contributed by atoms with Crippen LogP contribution in [0.4, 0.5) is 0 Å². The molecule has 0 aromatic heterocycles. The fourth-order valence-electron chi connectivity index (χ4n) is 2.00. The molecule has 0 nitrogen and oxygen atoms in total. The van der Waals surface area contributed by atoms with E-state index in [0.717, 1.165) is 10.2 Å². The number of aryl methyl sites for hydroxylation is 1. The van der Waals surface area contributed by atoms with Crippen molar-refractivity contribution in [1.82, 2.24) is 0 Å². The minimum atomic E-state index is 0.308. The molecule has 0 spiro atoms. The molecule has 0 unspecified atom stereocenters. The zero-order valence-electron chi connectivity index (χ0n) is 8.73. The largest absolute Gasteiger partial charge is 0.0668 e. The quantitative estimate of drug-likeness (QED) is 0.525. The Balaban J connectivity index is 3.31. The Morgan fingerprint density at radius 3 is 2.08 bits per heavy atom. The third kappa shape index (κ3) is 1.78. The molecule has 0 fully saturated rings. The Labute approximate surface area is 78.4 Å². The van der Waals surface area contributed by atoms with Gasteiger partial charge in [0.15, 0.2) is 0 Å². The zero-order chi connectivity index (χ0) is 9.35. The summed E-state index contributed by atoms with van der Waals surface area (Å²) in [6.07, 6.45) is 0. The second-order valence-corrected chi connectivity index (χ2v) is 5.59. The molecule has 0 saturated carbocycles. The van der Waals surface area contributed by atoms with E-state index in [0.29, 0.717) is 5.41 Å². The average molecular weight is 178 g/mol. The fourth-order valence-corrected chi connectivity index (χ4v) is 3.33. The SMILES string of the molecule is Cc1cccc([SiH3])c1C(C)(C)C. The highest BCUT2D eigenvalue weighted by molar-refractivity contribution is 6.33. The van der Waals surface area contributed by atoms with Crippen LogP contribution in [0.3, 0.4) is 0 Å². The predicted octanol–water partition coefficient (Wildman–Crippen LogP) is 1.28. The van der Waals surface area contributed by atoms with Gasteiger partial charge in [-0.3, -0.25) is 0 Å². The van der Waals surface area contributed by atoms with Crippen molar-refractivity contribution in [1.29, 1.82) is 0 Å². The van der Waals surface area contributed by atoms with Crippen LogP contribution in [0.25, 0.3) is 0 Å². The van der Waals surface area contributed by atoms with Gasteiger partial charge < -0.3 is 0 Å². The summed E-state index contributed by atoms with van der Waals surface area (Å²) in [4.78, 5) is 0. The molecule has 0 aliphatic rings. The van der Waals surface area contributed by atoms with E-state index in [2.05, 4.69) is 45.9 Å². The summed E-state index contributed by atoms with van der Waals surface area (Å²) in [5, 5.41) is 1.54. The Morgan fingerprint density at radius 1 is 1.17 bits per heavy atom. The predicted molar refractivity (Wildman–Crippen MR) is 59.5 cm³/mol. The zero-order valence-corrected chi connectivity index (χ0v) is 10.7. The maximum atomic E-state index is 2.29. The maximum Gasteiger partial charge on any atom is 0.0388 e. The summed E-state index contributed by atoms with van der Waals surface area (Å²) in [6, 6.07) is 6.62. The van der Waals surface area contributed by atoms with Crippen molar-refractivity contribution in [3.05, 3.63) is 29.3 Å². The van der Waals surface area contributed by atoms with Gasteiger partial charge in [0.05, 0.1) is 0 Å². The van der Waals surface area contributed by atoms with E-state index < -0.39 is 0 Å². The Morgan fingerprint density at radius 2 is 1.75 bits per heavy atom. The van der Waals surface area contributed by atoms with Gasteiger partial charge in [-0.1, -0.05) is 44.2 Å². The number of rotatable bonds is 0. The molecule has 0 radical (unpaired) electrons. The van der Waals surface area contributed by atoms with E-state index in [1.807, 2.05) is 0 Å². The van der Waals surface area contributed by atoms with Gasteiger partial charge in [-0.15, -0.1) is 0 Å². The number of hydrogen-bond donors (Lipinski definition) is 0. The fraction of sp³-hybridized carbons (Fsp3) is 0.455. The first-order valence-corrected chi connectivity index (χ1v) is 5.49. The Kier molecular flexibility index (Phi) is 2.43. The van der Waals surface area contributed by atoms with Crippen LogP contribution in [0.15, 0.2) is 18.2 Å². The molecule has 0 saturated heterocycles. The lowest BCUT2D eigenvalue weighted by Gasteiger charge is -2.24. The van der Waals surface area contributed by atoms with Crippen LogP contribution in [-0.4, -0.2) is 10.2 Å². The van der Waals surface area contributed by atoms with Crippen LogP contribution < -0.4 is 5.19 Å². The normalized spacial score (nSPS) is 12.0. The third-order valence-electron chi connectivity index (χ3n) is 2.23. The van der Waals surface area contributed by atoms with E-state index in [9.17, 15) is 0 Å². The monoisotopic (exact) mass is 178 g/mol.